The maximum absolute atomic E-state index is 13.1. The van der Waals surface area contributed by atoms with E-state index >= 15 is 0 Å². The lowest BCUT2D eigenvalue weighted by atomic mass is 10.0. The molecule has 1 atom stereocenters. The average molecular weight is 507 g/mol. The van der Waals surface area contributed by atoms with E-state index in [1.54, 1.807) is 24.3 Å². The van der Waals surface area contributed by atoms with Crippen LogP contribution in [0.15, 0.2) is 89.4 Å². The molecule has 32 heavy (non-hydrogen) atoms. The van der Waals surface area contributed by atoms with E-state index in [1.165, 1.54) is 11.3 Å². The molecule has 0 fully saturated rings. The number of hydrogen-bond acceptors (Lipinski definition) is 5. The van der Waals surface area contributed by atoms with Gasteiger partial charge in [0, 0.05) is 22.0 Å². The molecule has 1 unspecified atom stereocenters. The Morgan fingerprint density at radius 3 is 2.34 bits per heavy atom. The Hall–Kier alpha value is -3.36. The van der Waals surface area contributed by atoms with E-state index in [4.69, 9.17) is 0 Å². The van der Waals surface area contributed by atoms with Gasteiger partial charge in [-0.05, 0) is 29.8 Å². The van der Waals surface area contributed by atoms with Crippen LogP contribution in [0.3, 0.4) is 0 Å². The Labute approximate surface area is 197 Å². The van der Waals surface area contributed by atoms with Gasteiger partial charge in [0.1, 0.15) is 11.0 Å². The number of anilines is 1. The maximum atomic E-state index is 13.1. The van der Waals surface area contributed by atoms with Crippen molar-refractivity contribution >= 4 is 44.2 Å². The van der Waals surface area contributed by atoms with E-state index in [0.29, 0.717) is 22.1 Å². The predicted octanol–water partition coefficient (Wildman–Crippen LogP) is 4.95. The highest BCUT2D eigenvalue weighted by Gasteiger charge is 2.23. The number of halogens is 1. The minimum Gasteiger partial charge on any atom is -0.340 e. The lowest BCUT2D eigenvalue weighted by Gasteiger charge is -2.18. The number of benzene rings is 3. The summed E-state index contributed by atoms with van der Waals surface area (Å²) in [6, 6.07) is 25.3. The second-order valence-corrected chi connectivity index (χ2v) is 8.89. The van der Waals surface area contributed by atoms with Gasteiger partial charge in [-0.2, -0.15) is 0 Å². The van der Waals surface area contributed by atoms with Gasteiger partial charge in [-0.15, -0.1) is 10.2 Å². The molecule has 0 aliphatic rings. The average Bonchev–Trinajstić information content (AvgIpc) is 3.28. The molecule has 8 heteroatoms. The molecule has 0 aliphatic carbocycles. The van der Waals surface area contributed by atoms with E-state index < -0.39 is 6.04 Å². The van der Waals surface area contributed by atoms with E-state index in [1.807, 2.05) is 60.7 Å². The molecular weight excluding hydrogens is 488 g/mol. The summed E-state index contributed by atoms with van der Waals surface area (Å²) in [5, 5.41) is 15.0. The minimum atomic E-state index is -0.775. The molecule has 6 nitrogen and oxygen atoms in total. The first kappa shape index (κ1) is 21.9. The Morgan fingerprint density at radius 1 is 0.906 bits per heavy atom. The fraction of sp³-hybridized carbons (Fsp3) is 0.0833. The summed E-state index contributed by atoms with van der Waals surface area (Å²) in [6.45, 7) is 0. The zero-order valence-electron chi connectivity index (χ0n) is 16.9. The van der Waals surface area contributed by atoms with Crippen molar-refractivity contribution in [2.75, 3.05) is 5.32 Å². The van der Waals surface area contributed by atoms with E-state index in [0.717, 1.165) is 15.6 Å². The largest absolute Gasteiger partial charge is 0.340 e. The van der Waals surface area contributed by atoms with Crippen molar-refractivity contribution < 1.29 is 9.59 Å². The van der Waals surface area contributed by atoms with Crippen LogP contribution in [0.25, 0.3) is 10.6 Å². The van der Waals surface area contributed by atoms with Gasteiger partial charge in [0.15, 0.2) is 0 Å². The topological polar surface area (TPSA) is 84.0 Å². The number of hydrogen-bond donors (Lipinski definition) is 2. The van der Waals surface area contributed by atoms with E-state index in [9.17, 15) is 9.59 Å². The standard InChI is InChI=1S/C24H19BrN4O2S/c25-19-13-7-12-18(15-19)23-28-29-24(32-23)27-22(31)20(14-16-8-3-1-4-9-16)26-21(30)17-10-5-2-6-11-17/h1-13,15,20H,14H2,(H,26,30)(H,27,29,31). The summed E-state index contributed by atoms with van der Waals surface area (Å²) >= 11 is 4.72. The number of amides is 2. The third-order valence-corrected chi connectivity index (χ3v) is 6.05. The highest BCUT2D eigenvalue weighted by atomic mass is 79.9. The molecule has 0 bridgehead atoms. The molecule has 4 aromatic rings. The molecular formula is C24H19BrN4O2S. The molecule has 0 saturated carbocycles. The fourth-order valence-corrected chi connectivity index (χ4v) is 4.24. The van der Waals surface area contributed by atoms with Gasteiger partial charge >= 0.3 is 0 Å². The number of aromatic nitrogens is 2. The lowest BCUT2D eigenvalue weighted by Crippen LogP contribution is -2.45. The van der Waals surface area contributed by atoms with Crippen LogP contribution in [0.2, 0.25) is 0 Å². The molecule has 2 N–H and O–H groups in total. The summed E-state index contributed by atoms with van der Waals surface area (Å²) in [7, 11) is 0. The highest BCUT2D eigenvalue weighted by Crippen LogP contribution is 2.28. The SMILES string of the molecule is O=C(NC(Cc1ccccc1)C(=O)Nc1nnc(-c2cccc(Br)c2)s1)c1ccccc1. The van der Waals surface area contributed by atoms with Crippen LogP contribution in [0, 0.1) is 0 Å². The van der Waals surface area contributed by atoms with Crippen molar-refractivity contribution in [2.24, 2.45) is 0 Å². The van der Waals surface area contributed by atoms with Crippen molar-refractivity contribution in [3.8, 4) is 10.6 Å². The molecule has 2 amide bonds. The van der Waals surface area contributed by atoms with Gasteiger partial charge in [-0.3, -0.25) is 14.9 Å². The lowest BCUT2D eigenvalue weighted by molar-refractivity contribution is -0.118. The first-order chi connectivity index (χ1) is 15.6. The summed E-state index contributed by atoms with van der Waals surface area (Å²) in [6.07, 6.45) is 0.350. The van der Waals surface area contributed by atoms with Crippen molar-refractivity contribution in [1.82, 2.24) is 15.5 Å². The number of nitrogens with zero attached hydrogens (tertiary/aromatic N) is 2. The van der Waals surface area contributed by atoms with Crippen LogP contribution in [0.4, 0.5) is 5.13 Å². The first-order valence-electron chi connectivity index (χ1n) is 9.88. The molecule has 1 aromatic heterocycles. The molecule has 0 aliphatic heterocycles. The van der Waals surface area contributed by atoms with Crippen molar-refractivity contribution in [2.45, 2.75) is 12.5 Å². The third kappa shape index (κ3) is 5.66. The Bertz CT molecular complexity index is 1210. The van der Waals surface area contributed by atoms with E-state index in [-0.39, 0.29) is 11.8 Å². The number of carbonyl (C=O) groups excluding carboxylic acids is 2. The van der Waals surface area contributed by atoms with Crippen molar-refractivity contribution in [1.29, 1.82) is 0 Å². The van der Waals surface area contributed by atoms with Crippen LogP contribution in [0.1, 0.15) is 15.9 Å². The predicted molar refractivity (Wildman–Crippen MR) is 130 cm³/mol. The zero-order chi connectivity index (χ0) is 22.3. The van der Waals surface area contributed by atoms with Gasteiger partial charge in [-0.25, -0.2) is 0 Å². The van der Waals surface area contributed by atoms with Gasteiger partial charge in [-0.1, -0.05) is 87.9 Å². The summed E-state index contributed by atoms with van der Waals surface area (Å²) in [5.74, 6) is -0.663. The Morgan fingerprint density at radius 2 is 1.62 bits per heavy atom. The zero-order valence-corrected chi connectivity index (χ0v) is 19.3. The third-order valence-electron chi connectivity index (χ3n) is 4.67. The maximum Gasteiger partial charge on any atom is 0.251 e. The summed E-state index contributed by atoms with van der Waals surface area (Å²) in [4.78, 5) is 25.8. The molecule has 0 saturated heterocycles. The van der Waals surface area contributed by atoms with Crippen LogP contribution in [0.5, 0.6) is 0 Å². The van der Waals surface area contributed by atoms with Crippen LogP contribution >= 0.6 is 27.3 Å². The molecule has 0 radical (unpaired) electrons. The van der Waals surface area contributed by atoms with Crippen LogP contribution in [-0.4, -0.2) is 28.1 Å². The smallest absolute Gasteiger partial charge is 0.251 e. The summed E-state index contributed by atoms with van der Waals surface area (Å²) in [5.41, 5.74) is 2.33. The second kappa shape index (κ2) is 10.3. The molecule has 0 spiro atoms. The highest BCUT2D eigenvalue weighted by molar-refractivity contribution is 9.10. The van der Waals surface area contributed by atoms with E-state index in [2.05, 4.69) is 36.8 Å². The Balaban J connectivity index is 1.51. The van der Waals surface area contributed by atoms with Crippen molar-refractivity contribution in [3.05, 3.63) is 101 Å². The molecule has 4 rings (SSSR count). The summed E-state index contributed by atoms with van der Waals surface area (Å²) < 4.78 is 0.933. The molecule has 3 aromatic carbocycles. The minimum absolute atomic E-state index is 0.311. The quantitative estimate of drug-likeness (QED) is 0.371. The normalized spacial score (nSPS) is 11.5. The monoisotopic (exact) mass is 506 g/mol. The van der Waals surface area contributed by atoms with Gasteiger partial charge in [0.05, 0.1) is 0 Å². The molecule has 160 valence electrons. The van der Waals surface area contributed by atoms with Crippen LogP contribution in [-0.2, 0) is 11.2 Å². The number of nitrogens with one attached hydrogen (secondary N) is 2. The van der Waals surface area contributed by atoms with Gasteiger partial charge in [0.25, 0.3) is 5.91 Å². The molecule has 1 heterocycles. The van der Waals surface area contributed by atoms with Crippen LogP contribution < -0.4 is 10.6 Å². The van der Waals surface area contributed by atoms with Gasteiger partial charge < -0.3 is 5.32 Å². The second-order valence-electron chi connectivity index (χ2n) is 6.99. The van der Waals surface area contributed by atoms with Gasteiger partial charge in [0.2, 0.25) is 11.0 Å². The Kier molecular flexibility index (Phi) is 7.03. The van der Waals surface area contributed by atoms with Crippen molar-refractivity contribution in [3.63, 3.8) is 0 Å². The number of carbonyl (C=O) groups is 2. The first-order valence-corrected chi connectivity index (χ1v) is 11.5. The fourth-order valence-electron chi connectivity index (χ4n) is 3.09. The number of rotatable bonds is 7.